The molecule has 1 aliphatic heterocycles. The number of sulfonamides is 1. The second-order valence-corrected chi connectivity index (χ2v) is 8.74. The van der Waals surface area contributed by atoms with Crippen LogP contribution in [0.25, 0.3) is 0 Å². The van der Waals surface area contributed by atoms with Crippen molar-refractivity contribution < 1.29 is 13.2 Å². The minimum absolute atomic E-state index is 0.0779. The number of anilines is 2. The summed E-state index contributed by atoms with van der Waals surface area (Å²) in [7, 11) is -3.37. The highest BCUT2D eigenvalue weighted by Gasteiger charge is 2.29. The van der Waals surface area contributed by atoms with Gasteiger partial charge >= 0.3 is 0 Å². The first-order valence-electron chi connectivity index (χ1n) is 7.33. The lowest BCUT2D eigenvalue weighted by molar-refractivity contribution is 0.0991. The zero-order chi connectivity index (χ0) is 16.6. The van der Waals surface area contributed by atoms with Crippen LogP contribution in [0, 0.1) is 6.92 Å². The molecule has 3 rings (SSSR count). The summed E-state index contributed by atoms with van der Waals surface area (Å²) < 4.78 is 25.5. The molecule has 23 heavy (non-hydrogen) atoms. The molecule has 0 saturated carbocycles. The van der Waals surface area contributed by atoms with Crippen molar-refractivity contribution >= 4 is 38.6 Å². The molecular formula is C16H18N2O3S2. The number of hydrogen-bond acceptors (Lipinski definition) is 4. The molecule has 5 nitrogen and oxygen atoms in total. The van der Waals surface area contributed by atoms with Crippen LogP contribution in [0.3, 0.4) is 0 Å². The Morgan fingerprint density at radius 1 is 1.09 bits per heavy atom. The number of aryl methyl sites for hydroxylation is 1. The molecule has 0 spiro atoms. The molecule has 0 aliphatic carbocycles. The molecule has 0 atom stereocenters. The van der Waals surface area contributed by atoms with Gasteiger partial charge in [0.1, 0.15) is 0 Å². The van der Waals surface area contributed by atoms with Crippen molar-refractivity contribution in [2.24, 2.45) is 0 Å². The van der Waals surface area contributed by atoms with E-state index in [0.717, 1.165) is 4.88 Å². The maximum atomic E-state index is 12.9. The molecule has 0 bridgehead atoms. The Labute approximate surface area is 140 Å². The van der Waals surface area contributed by atoms with Gasteiger partial charge in [-0.05, 0) is 37.6 Å². The summed E-state index contributed by atoms with van der Waals surface area (Å²) in [6.45, 7) is 2.84. The number of fused-ring (bicyclic) bond motifs is 1. The molecule has 2 aromatic rings. The average Bonchev–Trinajstić information content (AvgIpc) is 2.82. The zero-order valence-electron chi connectivity index (χ0n) is 13.0. The predicted octanol–water partition coefficient (Wildman–Crippen LogP) is 2.87. The van der Waals surface area contributed by atoms with Crippen molar-refractivity contribution in [3.63, 3.8) is 0 Å². The topological polar surface area (TPSA) is 57.7 Å². The lowest BCUT2D eigenvalue weighted by atomic mass is 10.2. The fraction of sp³-hybridized carbons (Fsp3) is 0.312. The molecule has 0 saturated heterocycles. The molecule has 0 unspecified atom stereocenters. The smallest absolute Gasteiger partial charge is 0.268 e. The third-order valence-electron chi connectivity index (χ3n) is 3.78. The number of nitrogens with zero attached hydrogens (tertiary/aromatic N) is 2. The highest BCUT2D eigenvalue weighted by Crippen LogP contribution is 2.35. The average molecular weight is 350 g/mol. The Hall–Kier alpha value is -1.86. The van der Waals surface area contributed by atoms with Crippen LogP contribution in [0.15, 0.2) is 36.4 Å². The molecule has 0 fully saturated rings. The van der Waals surface area contributed by atoms with Crippen LogP contribution in [0.4, 0.5) is 11.4 Å². The first kappa shape index (κ1) is 16.0. The fourth-order valence-corrected chi connectivity index (χ4v) is 4.54. The summed E-state index contributed by atoms with van der Waals surface area (Å²) in [5.41, 5.74) is 1.21. The maximum Gasteiger partial charge on any atom is 0.268 e. The molecule has 0 N–H and O–H groups in total. The first-order valence-corrected chi connectivity index (χ1v) is 9.99. The van der Waals surface area contributed by atoms with E-state index in [1.165, 1.54) is 21.9 Å². The Morgan fingerprint density at radius 2 is 1.78 bits per heavy atom. The minimum atomic E-state index is -3.37. The summed E-state index contributed by atoms with van der Waals surface area (Å²) in [6, 6.07) is 10.9. The van der Waals surface area contributed by atoms with Gasteiger partial charge in [-0.25, -0.2) is 8.42 Å². The van der Waals surface area contributed by atoms with Gasteiger partial charge < -0.3 is 4.90 Å². The summed E-state index contributed by atoms with van der Waals surface area (Å²) >= 11 is 1.45. The number of amides is 1. The Balaban J connectivity index is 2.07. The van der Waals surface area contributed by atoms with Gasteiger partial charge in [0.25, 0.3) is 5.91 Å². The quantitative estimate of drug-likeness (QED) is 0.837. The molecule has 1 aliphatic rings. The molecule has 1 amide bonds. The third-order valence-corrected chi connectivity index (χ3v) is 5.95. The molecule has 1 aromatic carbocycles. The van der Waals surface area contributed by atoms with E-state index < -0.39 is 10.0 Å². The number of carbonyl (C=O) groups excluding carboxylic acids is 1. The van der Waals surface area contributed by atoms with Crippen LogP contribution in [-0.2, 0) is 10.0 Å². The van der Waals surface area contributed by atoms with E-state index in [-0.39, 0.29) is 5.91 Å². The van der Waals surface area contributed by atoms with E-state index in [2.05, 4.69) is 0 Å². The Morgan fingerprint density at radius 3 is 2.39 bits per heavy atom. The van der Waals surface area contributed by atoms with E-state index in [0.29, 0.717) is 35.8 Å². The maximum absolute atomic E-state index is 12.9. The van der Waals surface area contributed by atoms with Crippen LogP contribution < -0.4 is 9.21 Å². The molecule has 2 heterocycles. The number of benzene rings is 1. The summed E-state index contributed by atoms with van der Waals surface area (Å²) in [5.74, 6) is -0.0779. The first-order chi connectivity index (χ1) is 10.9. The number of para-hydroxylation sites is 2. The van der Waals surface area contributed by atoms with Crippen molar-refractivity contribution in [2.45, 2.75) is 13.3 Å². The molecule has 7 heteroatoms. The zero-order valence-corrected chi connectivity index (χ0v) is 14.7. The molecule has 0 radical (unpaired) electrons. The van der Waals surface area contributed by atoms with Gasteiger partial charge in [0.2, 0.25) is 10.0 Å². The highest BCUT2D eigenvalue weighted by molar-refractivity contribution is 7.92. The molecular weight excluding hydrogens is 332 g/mol. The van der Waals surface area contributed by atoms with Gasteiger partial charge in [0.15, 0.2) is 0 Å². The standard InChI is InChI=1S/C16H18N2O3S2/c1-12-8-9-15(22-12)16(19)17-10-5-11-18(23(2,20)21)14-7-4-3-6-13(14)17/h3-4,6-9H,5,10-11H2,1-2H3. The van der Waals surface area contributed by atoms with Crippen LogP contribution >= 0.6 is 11.3 Å². The van der Waals surface area contributed by atoms with Crippen molar-refractivity contribution in [3.05, 3.63) is 46.2 Å². The van der Waals surface area contributed by atoms with Gasteiger partial charge in [0.05, 0.1) is 22.5 Å². The van der Waals surface area contributed by atoms with Crippen molar-refractivity contribution in [1.29, 1.82) is 0 Å². The van der Waals surface area contributed by atoms with E-state index in [1.54, 1.807) is 23.1 Å². The van der Waals surface area contributed by atoms with E-state index >= 15 is 0 Å². The van der Waals surface area contributed by atoms with Crippen molar-refractivity contribution in [3.8, 4) is 0 Å². The largest absolute Gasteiger partial charge is 0.306 e. The fourth-order valence-electron chi connectivity index (χ4n) is 2.75. The Kier molecular flexibility index (Phi) is 4.16. The van der Waals surface area contributed by atoms with E-state index in [4.69, 9.17) is 0 Å². The van der Waals surface area contributed by atoms with Crippen LogP contribution in [-0.4, -0.2) is 33.7 Å². The van der Waals surface area contributed by atoms with Gasteiger partial charge in [-0.15, -0.1) is 11.3 Å². The summed E-state index contributed by atoms with van der Waals surface area (Å²) in [6.07, 6.45) is 1.79. The minimum Gasteiger partial charge on any atom is -0.306 e. The third kappa shape index (κ3) is 3.11. The van der Waals surface area contributed by atoms with Gasteiger partial charge in [-0.3, -0.25) is 9.10 Å². The number of carbonyl (C=O) groups is 1. The number of hydrogen-bond donors (Lipinski definition) is 0. The van der Waals surface area contributed by atoms with Crippen LogP contribution in [0.1, 0.15) is 21.0 Å². The molecule has 122 valence electrons. The van der Waals surface area contributed by atoms with Crippen LogP contribution in [0.2, 0.25) is 0 Å². The van der Waals surface area contributed by atoms with Crippen LogP contribution in [0.5, 0.6) is 0 Å². The summed E-state index contributed by atoms with van der Waals surface area (Å²) in [4.78, 5) is 16.3. The summed E-state index contributed by atoms with van der Waals surface area (Å²) in [5, 5.41) is 0. The predicted molar refractivity (Wildman–Crippen MR) is 94.0 cm³/mol. The number of thiophene rings is 1. The lowest BCUT2D eigenvalue weighted by Crippen LogP contribution is -2.30. The normalized spacial score (nSPS) is 15.2. The van der Waals surface area contributed by atoms with E-state index in [1.807, 2.05) is 25.1 Å². The number of rotatable bonds is 2. The second-order valence-electron chi connectivity index (χ2n) is 5.54. The van der Waals surface area contributed by atoms with Crippen molar-refractivity contribution in [2.75, 3.05) is 28.6 Å². The van der Waals surface area contributed by atoms with Gasteiger partial charge in [-0.1, -0.05) is 12.1 Å². The Bertz CT molecular complexity index is 843. The second kappa shape index (κ2) is 5.98. The van der Waals surface area contributed by atoms with E-state index in [9.17, 15) is 13.2 Å². The van der Waals surface area contributed by atoms with Gasteiger partial charge in [0, 0.05) is 18.0 Å². The highest BCUT2D eigenvalue weighted by atomic mass is 32.2. The SMILES string of the molecule is Cc1ccc(C(=O)N2CCCN(S(C)(=O)=O)c3ccccc32)s1. The lowest BCUT2D eigenvalue weighted by Gasteiger charge is -2.25. The molecule has 1 aromatic heterocycles. The van der Waals surface area contributed by atoms with Gasteiger partial charge in [-0.2, -0.15) is 0 Å². The monoisotopic (exact) mass is 350 g/mol. The van der Waals surface area contributed by atoms with Crippen molar-refractivity contribution in [1.82, 2.24) is 0 Å².